The number of esters is 1. The second-order valence-electron chi connectivity index (χ2n) is 2.90. The number of carbonyl (C=O) groups is 2. The first-order chi connectivity index (χ1) is 7.24. The van der Waals surface area contributed by atoms with Crippen LogP contribution < -0.4 is 0 Å². The SMILES string of the molecule is CC=C(C(=O)OC)c1ccccc1C=O. The van der Waals surface area contributed by atoms with Gasteiger partial charge in [-0.3, -0.25) is 4.79 Å². The lowest BCUT2D eigenvalue weighted by atomic mass is 10.0. The van der Waals surface area contributed by atoms with Crippen molar-refractivity contribution in [2.45, 2.75) is 6.92 Å². The summed E-state index contributed by atoms with van der Waals surface area (Å²) in [5.74, 6) is -0.438. The smallest absolute Gasteiger partial charge is 0.338 e. The Bertz CT molecular complexity index is 405. The largest absolute Gasteiger partial charge is 0.465 e. The molecule has 0 aliphatic carbocycles. The van der Waals surface area contributed by atoms with Gasteiger partial charge in [-0.05, 0) is 12.5 Å². The van der Waals surface area contributed by atoms with Crippen LogP contribution in [0.4, 0.5) is 0 Å². The molecule has 0 spiro atoms. The van der Waals surface area contributed by atoms with Crippen LogP contribution >= 0.6 is 0 Å². The second kappa shape index (κ2) is 5.10. The van der Waals surface area contributed by atoms with Gasteiger partial charge in [0, 0.05) is 5.56 Å². The Morgan fingerprint density at radius 3 is 2.53 bits per heavy atom. The molecule has 0 unspecified atom stereocenters. The lowest BCUT2D eigenvalue weighted by Crippen LogP contribution is -2.05. The van der Waals surface area contributed by atoms with Crippen molar-refractivity contribution < 1.29 is 14.3 Å². The van der Waals surface area contributed by atoms with Crippen molar-refractivity contribution in [3.63, 3.8) is 0 Å². The maximum atomic E-state index is 11.4. The zero-order valence-electron chi connectivity index (χ0n) is 8.69. The molecule has 0 atom stereocenters. The molecule has 0 aliphatic rings. The molecule has 78 valence electrons. The van der Waals surface area contributed by atoms with Crippen LogP contribution in [-0.4, -0.2) is 19.4 Å². The van der Waals surface area contributed by atoms with E-state index in [1.807, 2.05) is 0 Å². The van der Waals surface area contributed by atoms with Gasteiger partial charge in [0.05, 0.1) is 12.7 Å². The second-order valence-corrected chi connectivity index (χ2v) is 2.90. The van der Waals surface area contributed by atoms with Gasteiger partial charge in [0.15, 0.2) is 6.29 Å². The van der Waals surface area contributed by atoms with Crippen molar-refractivity contribution in [2.24, 2.45) is 0 Å². The standard InChI is InChI=1S/C12H12O3/c1-3-10(12(14)15-2)11-7-5-4-6-9(11)8-13/h3-8H,1-2H3. The molecule has 0 bridgehead atoms. The third-order valence-corrected chi connectivity index (χ3v) is 2.07. The molecular formula is C12H12O3. The van der Waals surface area contributed by atoms with Crippen molar-refractivity contribution in [1.82, 2.24) is 0 Å². The topological polar surface area (TPSA) is 43.4 Å². The highest BCUT2D eigenvalue weighted by Crippen LogP contribution is 2.19. The first-order valence-corrected chi connectivity index (χ1v) is 4.53. The number of rotatable bonds is 3. The third kappa shape index (κ3) is 2.31. The summed E-state index contributed by atoms with van der Waals surface area (Å²) in [6, 6.07) is 6.90. The molecule has 15 heavy (non-hydrogen) atoms. The lowest BCUT2D eigenvalue weighted by Gasteiger charge is -2.06. The molecule has 0 aliphatic heterocycles. The van der Waals surface area contributed by atoms with Gasteiger partial charge in [-0.2, -0.15) is 0 Å². The highest BCUT2D eigenvalue weighted by Gasteiger charge is 2.13. The predicted molar refractivity (Wildman–Crippen MR) is 57.5 cm³/mol. The van der Waals surface area contributed by atoms with Crippen LogP contribution in [0.1, 0.15) is 22.8 Å². The number of hydrogen-bond acceptors (Lipinski definition) is 3. The maximum Gasteiger partial charge on any atom is 0.338 e. The van der Waals surface area contributed by atoms with Crippen molar-refractivity contribution >= 4 is 17.8 Å². The molecule has 0 N–H and O–H groups in total. The maximum absolute atomic E-state index is 11.4. The number of ether oxygens (including phenoxy) is 1. The van der Waals surface area contributed by atoms with E-state index in [0.29, 0.717) is 16.7 Å². The van der Waals surface area contributed by atoms with Gasteiger partial charge in [-0.25, -0.2) is 4.79 Å². The number of allylic oxidation sites excluding steroid dienone is 1. The van der Waals surface area contributed by atoms with E-state index >= 15 is 0 Å². The quantitative estimate of drug-likeness (QED) is 0.430. The number of aldehydes is 1. The monoisotopic (exact) mass is 204 g/mol. The minimum Gasteiger partial charge on any atom is -0.465 e. The van der Waals surface area contributed by atoms with E-state index in [0.717, 1.165) is 6.29 Å². The van der Waals surface area contributed by atoms with Crippen molar-refractivity contribution in [2.75, 3.05) is 7.11 Å². The normalized spacial score (nSPS) is 10.9. The van der Waals surface area contributed by atoms with Crippen LogP contribution in [0.5, 0.6) is 0 Å². The summed E-state index contributed by atoms with van der Waals surface area (Å²) in [6.45, 7) is 1.73. The predicted octanol–water partition coefficient (Wildman–Crippen LogP) is 2.08. The zero-order chi connectivity index (χ0) is 11.3. The molecule has 0 amide bonds. The molecule has 0 saturated heterocycles. The number of hydrogen-bond donors (Lipinski definition) is 0. The van der Waals surface area contributed by atoms with Crippen LogP contribution in [0.2, 0.25) is 0 Å². The van der Waals surface area contributed by atoms with Crippen LogP contribution in [-0.2, 0) is 9.53 Å². The number of carbonyl (C=O) groups excluding carboxylic acids is 2. The lowest BCUT2D eigenvalue weighted by molar-refractivity contribution is -0.133. The van der Waals surface area contributed by atoms with Crippen LogP contribution in [0.15, 0.2) is 30.3 Å². The molecule has 0 fully saturated rings. The Balaban J connectivity index is 3.24. The van der Waals surface area contributed by atoms with Crippen molar-refractivity contribution in [3.8, 4) is 0 Å². The van der Waals surface area contributed by atoms with E-state index in [1.54, 1.807) is 37.3 Å². The Morgan fingerprint density at radius 2 is 2.00 bits per heavy atom. The average Bonchev–Trinajstić information content (AvgIpc) is 2.30. The van der Waals surface area contributed by atoms with Crippen LogP contribution in [0.3, 0.4) is 0 Å². The molecule has 1 aromatic carbocycles. The van der Waals surface area contributed by atoms with E-state index in [2.05, 4.69) is 4.74 Å². The van der Waals surface area contributed by atoms with Gasteiger partial charge in [0.2, 0.25) is 0 Å². The van der Waals surface area contributed by atoms with Gasteiger partial charge < -0.3 is 4.74 Å². The summed E-state index contributed by atoms with van der Waals surface area (Å²) in [7, 11) is 1.31. The Hall–Kier alpha value is -1.90. The fraction of sp³-hybridized carbons (Fsp3) is 0.167. The van der Waals surface area contributed by atoms with Gasteiger partial charge in [-0.15, -0.1) is 0 Å². The first kappa shape index (κ1) is 11.2. The molecule has 0 radical (unpaired) electrons. The molecule has 1 aromatic rings. The molecule has 0 saturated carbocycles. The van der Waals surface area contributed by atoms with Gasteiger partial charge >= 0.3 is 5.97 Å². The highest BCUT2D eigenvalue weighted by atomic mass is 16.5. The van der Waals surface area contributed by atoms with Crippen LogP contribution in [0.25, 0.3) is 5.57 Å². The Morgan fingerprint density at radius 1 is 1.33 bits per heavy atom. The third-order valence-electron chi connectivity index (χ3n) is 2.07. The van der Waals surface area contributed by atoms with Crippen molar-refractivity contribution in [3.05, 3.63) is 41.5 Å². The average molecular weight is 204 g/mol. The summed E-state index contributed by atoms with van der Waals surface area (Å²) in [5.41, 5.74) is 1.48. The van der Waals surface area contributed by atoms with E-state index in [9.17, 15) is 9.59 Å². The fourth-order valence-corrected chi connectivity index (χ4v) is 1.34. The first-order valence-electron chi connectivity index (χ1n) is 4.53. The van der Waals surface area contributed by atoms with Gasteiger partial charge in [0.25, 0.3) is 0 Å². The molecule has 3 heteroatoms. The van der Waals surface area contributed by atoms with E-state index < -0.39 is 5.97 Å². The Kier molecular flexibility index (Phi) is 3.80. The molecule has 1 rings (SSSR count). The minimum atomic E-state index is -0.438. The van der Waals surface area contributed by atoms with Gasteiger partial charge in [-0.1, -0.05) is 30.3 Å². The summed E-state index contributed by atoms with van der Waals surface area (Å²) < 4.78 is 4.63. The van der Waals surface area contributed by atoms with Gasteiger partial charge in [0.1, 0.15) is 0 Å². The summed E-state index contributed by atoms with van der Waals surface area (Å²) in [4.78, 5) is 22.2. The zero-order valence-corrected chi connectivity index (χ0v) is 8.69. The molecular weight excluding hydrogens is 192 g/mol. The molecule has 3 nitrogen and oxygen atoms in total. The summed E-state index contributed by atoms with van der Waals surface area (Å²) >= 11 is 0. The van der Waals surface area contributed by atoms with E-state index in [1.165, 1.54) is 7.11 Å². The van der Waals surface area contributed by atoms with Crippen LogP contribution in [0, 0.1) is 0 Å². The molecule has 0 heterocycles. The Labute approximate surface area is 88.4 Å². The van der Waals surface area contributed by atoms with E-state index in [-0.39, 0.29) is 0 Å². The number of benzene rings is 1. The van der Waals surface area contributed by atoms with E-state index in [4.69, 9.17) is 0 Å². The number of methoxy groups -OCH3 is 1. The summed E-state index contributed by atoms with van der Waals surface area (Å²) in [5, 5.41) is 0. The minimum absolute atomic E-state index is 0.403. The fourth-order valence-electron chi connectivity index (χ4n) is 1.34. The highest BCUT2D eigenvalue weighted by molar-refractivity contribution is 6.18. The molecule has 0 aromatic heterocycles. The van der Waals surface area contributed by atoms with Crippen molar-refractivity contribution in [1.29, 1.82) is 0 Å². The summed E-state index contributed by atoms with van der Waals surface area (Å²) in [6.07, 6.45) is 2.36.